The van der Waals surface area contributed by atoms with E-state index >= 15 is 0 Å². The van der Waals surface area contributed by atoms with Gasteiger partial charge in [-0.25, -0.2) is 14.8 Å². The molecule has 0 unspecified atom stereocenters. The van der Waals surface area contributed by atoms with Crippen molar-refractivity contribution in [1.29, 1.82) is 0 Å². The summed E-state index contributed by atoms with van der Waals surface area (Å²) < 4.78 is 0. The lowest BCUT2D eigenvalue weighted by Crippen LogP contribution is -2.19. The third kappa shape index (κ3) is 2.79. The highest BCUT2D eigenvalue weighted by molar-refractivity contribution is 5.86. The van der Waals surface area contributed by atoms with E-state index in [4.69, 9.17) is 5.11 Å². The molecule has 0 amide bonds. The smallest absolute Gasteiger partial charge is 0.338 e. The molecule has 18 heavy (non-hydrogen) atoms. The number of carboxylic acid groups (broad SMARTS) is 1. The van der Waals surface area contributed by atoms with E-state index in [1.165, 1.54) is 12.4 Å². The Morgan fingerprint density at radius 1 is 1.33 bits per heavy atom. The maximum absolute atomic E-state index is 10.7. The molecular weight excluding hydrogens is 232 g/mol. The highest BCUT2D eigenvalue weighted by Gasteiger charge is 2.08. The summed E-state index contributed by atoms with van der Waals surface area (Å²) in [5, 5.41) is 8.75. The Morgan fingerprint density at radius 2 is 2.06 bits per heavy atom. The SMILES string of the molecule is CN(Cc1cccnc1)c1ncc(C(=O)O)cn1. The first-order chi connectivity index (χ1) is 8.66. The van der Waals surface area contributed by atoms with Crippen molar-refractivity contribution in [2.45, 2.75) is 6.54 Å². The van der Waals surface area contributed by atoms with Crippen LogP contribution in [0.1, 0.15) is 15.9 Å². The van der Waals surface area contributed by atoms with Crippen molar-refractivity contribution >= 4 is 11.9 Å². The molecule has 1 N–H and O–H groups in total. The van der Waals surface area contributed by atoms with Gasteiger partial charge in [0.1, 0.15) is 0 Å². The number of pyridine rings is 1. The largest absolute Gasteiger partial charge is 0.478 e. The minimum Gasteiger partial charge on any atom is -0.478 e. The third-order valence-corrected chi connectivity index (χ3v) is 2.37. The molecule has 0 bridgehead atoms. The molecule has 92 valence electrons. The standard InChI is InChI=1S/C12H12N4O2/c1-16(8-9-3-2-4-13-5-9)12-14-6-10(7-15-12)11(17)18/h2-7H,8H2,1H3,(H,17,18). The van der Waals surface area contributed by atoms with Crippen LogP contribution in [-0.4, -0.2) is 33.1 Å². The Labute approximate surface area is 104 Å². The van der Waals surface area contributed by atoms with Crippen LogP contribution in [0.5, 0.6) is 0 Å². The summed E-state index contributed by atoms with van der Waals surface area (Å²) in [5.41, 5.74) is 1.11. The molecule has 0 saturated carbocycles. The number of anilines is 1. The van der Waals surface area contributed by atoms with E-state index in [1.54, 1.807) is 12.4 Å². The van der Waals surface area contributed by atoms with Crippen molar-refractivity contribution in [1.82, 2.24) is 15.0 Å². The van der Waals surface area contributed by atoms with Gasteiger partial charge in [0, 0.05) is 38.4 Å². The van der Waals surface area contributed by atoms with Crippen LogP contribution in [0.15, 0.2) is 36.9 Å². The Hall–Kier alpha value is -2.50. The van der Waals surface area contributed by atoms with Gasteiger partial charge in [-0.3, -0.25) is 4.98 Å². The van der Waals surface area contributed by atoms with Gasteiger partial charge < -0.3 is 10.0 Å². The molecule has 0 atom stereocenters. The average molecular weight is 244 g/mol. The fourth-order valence-corrected chi connectivity index (χ4v) is 1.47. The minimum atomic E-state index is -1.03. The summed E-state index contributed by atoms with van der Waals surface area (Å²) in [4.78, 5) is 24.5. The molecular formula is C12H12N4O2. The predicted molar refractivity (Wildman–Crippen MR) is 65.3 cm³/mol. The first-order valence-electron chi connectivity index (χ1n) is 5.32. The molecule has 0 aliphatic rings. The van der Waals surface area contributed by atoms with Crippen molar-refractivity contribution in [2.24, 2.45) is 0 Å². The van der Waals surface area contributed by atoms with E-state index in [0.29, 0.717) is 12.5 Å². The van der Waals surface area contributed by atoms with Crippen LogP contribution in [0.3, 0.4) is 0 Å². The highest BCUT2D eigenvalue weighted by Crippen LogP contribution is 2.09. The molecule has 0 radical (unpaired) electrons. The van der Waals surface area contributed by atoms with Crippen LogP contribution in [0.25, 0.3) is 0 Å². The number of hydrogen-bond acceptors (Lipinski definition) is 5. The Kier molecular flexibility index (Phi) is 3.47. The molecule has 6 nitrogen and oxygen atoms in total. The van der Waals surface area contributed by atoms with Crippen LogP contribution in [0.4, 0.5) is 5.95 Å². The second kappa shape index (κ2) is 5.22. The molecule has 2 aromatic heterocycles. The summed E-state index contributed by atoms with van der Waals surface area (Å²) in [7, 11) is 1.84. The molecule has 2 heterocycles. The van der Waals surface area contributed by atoms with E-state index < -0.39 is 5.97 Å². The summed E-state index contributed by atoms with van der Waals surface area (Å²) >= 11 is 0. The summed E-state index contributed by atoms with van der Waals surface area (Å²) in [5.74, 6) is -0.555. The number of aromatic nitrogens is 3. The normalized spacial score (nSPS) is 10.1. The molecule has 0 aliphatic carbocycles. The second-order valence-electron chi connectivity index (χ2n) is 3.79. The zero-order chi connectivity index (χ0) is 13.0. The number of nitrogens with zero attached hydrogens (tertiary/aromatic N) is 4. The Balaban J connectivity index is 2.09. The maximum Gasteiger partial charge on any atom is 0.338 e. The molecule has 2 rings (SSSR count). The third-order valence-electron chi connectivity index (χ3n) is 2.37. The van der Waals surface area contributed by atoms with Crippen LogP contribution >= 0.6 is 0 Å². The maximum atomic E-state index is 10.7. The van der Waals surface area contributed by atoms with Crippen molar-refractivity contribution < 1.29 is 9.90 Å². The molecule has 6 heteroatoms. The van der Waals surface area contributed by atoms with E-state index in [2.05, 4.69) is 15.0 Å². The zero-order valence-corrected chi connectivity index (χ0v) is 9.82. The van der Waals surface area contributed by atoms with Gasteiger partial charge in [0.25, 0.3) is 0 Å². The summed E-state index contributed by atoms with van der Waals surface area (Å²) in [6.45, 7) is 0.611. The van der Waals surface area contributed by atoms with Gasteiger partial charge >= 0.3 is 5.97 Å². The lowest BCUT2D eigenvalue weighted by Gasteiger charge is -2.16. The molecule has 0 fully saturated rings. The van der Waals surface area contributed by atoms with Gasteiger partial charge in [0.15, 0.2) is 0 Å². The van der Waals surface area contributed by atoms with Crippen LogP contribution in [0, 0.1) is 0 Å². The summed E-state index contributed by atoms with van der Waals surface area (Å²) in [6.07, 6.45) is 6.07. The quantitative estimate of drug-likeness (QED) is 0.870. The molecule has 0 saturated heterocycles. The van der Waals surface area contributed by atoms with Crippen LogP contribution in [-0.2, 0) is 6.54 Å². The highest BCUT2D eigenvalue weighted by atomic mass is 16.4. The summed E-state index contributed by atoms with van der Waals surface area (Å²) in [6, 6.07) is 3.81. The van der Waals surface area contributed by atoms with Crippen molar-refractivity contribution in [3.8, 4) is 0 Å². The zero-order valence-electron chi connectivity index (χ0n) is 9.82. The molecule has 0 spiro atoms. The Bertz CT molecular complexity index is 528. The second-order valence-corrected chi connectivity index (χ2v) is 3.79. The van der Waals surface area contributed by atoms with E-state index in [0.717, 1.165) is 5.56 Å². The van der Waals surface area contributed by atoms with Crippen molar-refractivity contribution in [2.75, 3.05) is 11.9 Å². The van der Waals surface area contributed by atoms with Crippen LogP contribution in [0.2, 0.25) is 0 Å². The van der Waals surface area contributed by atoms with E-state index in [1.807, 2.05) is 24.1 Å². The van der Waals surface area contributed by atoms with Crippen LogP contribution < -0.4 is 4.90 Å². The van der Waals surface area contributed by atoms with Gasteiger partial charge in [0.05, 0.1) is 5.56 Å². The van der Waals surface area contributed by atoms with Crippen molar-refractivity contribution in [3.05, 3.63) is 48.0 Å². The topological polar surface area (TPSA) is 79.2 Å². The van der Waals surface area contributed by atoms with Gasteiger partial charge in [-0.2, -0.15) is 0 Å². The number of aromatic carboxylic acids is 1. The van der Waals surface area contributed by atoms with Gasteiger partial charge in [0.2, 0.25) is 5.95 Å². The van der Waals surface area contributed by atoms with Gasteiger partial charge in [-0.15, -0.1) is 0 Å². The lowest BCUT2D eigenvalue weighted by atomic mass is 10.3. The number of carbonyl (C=O) groups is 1. The molecule has 0 aliphatic heterocycles. The average Bonchev–Trinajstić information content (AvgIpc) is 2.40. The fourth-order valence-electron chi connectivity index (χ4n) is 1.47. The van der Waals surface area contributed by atoms with E-state index in [-0.39, 0.29) is 5.56 Å². The van der Waals surface area contributed by atoms with E-state index in [9.17, 15) is 4.79 Å². The monoisotopic (exact) mass is 244 g/mol. The van der Waals surface area contributed by atoms with Gasteiger partial charge in [-0.05, 0) is 11.6 Å². The first-order valence-corrected chi connectivity index (χ1v) is 5.32. The Morgan fingerprint density at radius 3 is 2.61 bits per heavy atom. The first kappa shape index (κ1) is 12.0. The minimum absolute atomic E-state index is 0.0773. The number of hydrogen-bond donors (Lipinski definition) is 1. The predicted octanol–water partition coefficient (Wildman–Crippen LogP) is 1.21. The lowest BCUT2D eigenvalue weighted by molar-refractivity contribution is 0.0696. The number of rotatable bonds is 4. The molecule has 2 aromatic rings. The fraction of sp³-hybridized carbons (Fsp3) is 0.167. The number of carboxylic acids is 1. The van der Waals surface area contributed by atoms with Gasteiger partial charge in [-0.1, -0.05) is 6.07 Å². The molecule has 0 aromatic carbocycles. The van der Waals surface area contributed by atoms with Crippen molar-refractivity contribution in [3.63, 3.8) is 0 Å².